The number of aryl methyl sites for hydroxylation is 1. The summed E-state index contributed by atoms with van der Waals surface area (Å²) in [7, 11) is -8.94. The molecule has 0 unspecified atom stereocenters. The first-order valence-corrected chi connectivity index (χ1v) is 10.8. The predicted molar refractivity (Wildman–Crippen MR) is 105 cm³/mol. The van der Waals surface area contributed by atoms with Gasteiger partial charge in [-0.2, -0.15) is 13.0 Å². The second-order valence-corrected chi connectivity index (χ2v) is 8.22. The van der Waals surface area contributed by atoms with Crippen LogP contribution in [0.5, 0.6) is 0 Å². The van der Waals surface area contributed by atoms with Gasteiger partial charge in [0.25, 0.3) is 0 Å². The average molecular weight is 446 g/mol. The van der Waals surface area contributed by atoms with Gasteiger partial charge >= 0.3 is 10.4 Å². The number of hydrogen-bond acceptors (Lipinski definition) is 6. The molecule has 0 saturated carbocycles. The molecule has 1 aromatic carbocycles. The van der Waals surface area contributed by atoms with Crippen molar-refractivity contribution in [2.45, 2.75) is 32.2 Å². The fourth-order valence-corrected chi connectivity index (χ4v) is 2.40. The Morgan fingerprint density at radius 2 is 1.52 bits per heavy atom. The van der Waals surface area contributed by atoms with E-state index in [2.05, 4.69) is 6.58 Å². The van der Waals surface area contributed by atoms with Crippen LogP contribution in [0.4, 0.5) is 0 Å². The van der Waals surface area contributed by atoms with Crippen LogP contribution >= 0.6 is 0 Å². The summed E-state index contributed by atoms with van der Waals surface area (Å²) in [6, 6.07) is 11.4. The first kappa shape index (κ1) is 26.6. The van der Waals surface area contributed by atoms with Gasteiger partial charge in [-0.05, 0) is 37.6 Å². The van der Waals surface area contributed by atoms with Gasteiger partial charge < -0.3 is 4.55 Å². The number of aromatic nitrogens is 1. The van der Waals surface area contributed by atoms with Gasteiger partial charge in [0.2, 0.25) is 11.5 Å². The van der Waals surface area contributed by atoms with Crippen LogP contribution < -0.4 is 4.57 Å². The average Bonchev–Trinajstić information content (AvgIpc) is 2.53. The predicted octanol–water partition coefficient (Wildman–Crippen LogP) is 2.00. The lowest BCUT2D eigenvalue weighted by Gasteiger charge is -2.05. The van der Waals surface area contributed by atoms with Crippen molar-refractivity contribution in [2.24, 2.45) is 0 Å². The number of nitrogens with zero attached hydrogens (tertiary/aromatic N) is 1. The van der Waals surface area contributed by atoms with Crippen molar-refractivity contribution in [1.82, 2.24) is 0 Å². The van der Waals surface area contributed by atoms with E-state index in [1.165, 1.54) is 12.1 Å². The fraction of sp³-hybridized carbons (Fsp3) is 0.222. The van der Waals surface area contributed by atoms with Crippen LogP contribution in [0.2, 0.25) is 0 Å². The molecule has 0 radical (unpaired) electrons. The van der Waals surface area contributed by atoms with Crippen molar-refractivity contribution in [2.75, 3.05) is 0 Å². The zero-order valence-corrected chi connectivity index (χ0v) is 17.8. The molecule has 0 aliphatic carbocycles. The van der Waals surface area contributed by atoms with E-state index in [-0.39, 0.29) is 10.7 Å². The molecule has 0 amide bonds. The van der Waals surface area contributed by atoms with Gasteiger partial charge in [0.1, 0.15) is 10.1 Å². The van der Waals surface area contributed by atoms with Gasteiger partial charge in [0.05, 0.1) is 4.90 Å². The maximum absolute atomic E-state index is 11.2. The molecule has 11 heteroatoms. The Labute approximate surface area is 170 Å². The van der Waals surface area contributed by atoms with Crippen molar-refractivity contribution in [3.05, 3.63) is 72.1 Å². The largest absolute Gasteiger partial charge is 0.744 e. The molecule has 160 valence electrons. The minimum absolute atomic E-state index is 0.0850. The second-order valence-electron chi connectivity index (χ2n) is 5.94. The van der Waals surface area contributed by atoms with E-state index in [9.17, 15) is 17.8 Å². The highest BCUT2D eigenvalue weighted by Crippen LogP contribution is 2.08. The molecule has 2 N–H and O–H groups in total. The van der Waals surface area contributed by atoms with E-state index in [0.717, 1.165) is 16.8 Å². The van der Waals surface area contributed by atoms with Crippen LogP contribution in [0.3, 0.4) is 0 Å². The lowest BCUT2D eigenvalue weighted by atomic mass is 10.2. The smallest absolute Gasteiger partial charge is 0.394 e. The Balaban J connectivity index is 0.000000445. The minimum Gasteiger partial charge on any atom is -0.744 e. The normalized spacial score (nSPS) is 10.7. The molecular weight excluding hydrogens is 422 g/mol. The first-order valence-electron chi connectivity index (χ1n) is 7.97. The van der Waals surface area contributed by atoms with Crippen LogP contribution in [0, 0.1) is 6.92 Å². The third-order valence-corrected chi connectivity index (χ3v) is 3.90. The number of allylic oxidation sites excluding steroid dienone is 1. The van der Waals surface area contributed by atoms with Crippen LogP contribution in [0.25, 0.3) is 0 Å². The minimum atomic E-state index is -4.67. The monoisotopic (exact) mass is 445 g/mol. The maximum Gasteiger partial charge on any atom is 0.394 e. The molecule has 0 atom stereocenters. The van der Waals surface area contributed by atoms with E-state index >= 15 is 0 Å². The van der Waals surface area contributed by atoms with Crippen LogP contribution in [0.15, 0.2) is 65.7 Å². The highest BCUT2D eigenvalue weighted by atomic mass is 32.3. The van der Waals surface area contributed by atoms with Crippen molar-refractivity contribution in [3.8, 4) is 0 Å². The second kappa shape index (κ2) is 11.5. The van der Waals surface area contributed by atoms with Gasteiger partial charge in [0.15, 0.2) is 12.7 Å². The quantitative estimate of drug-likeness (QED) is 0.314. The summed E-state index contributed by atoms with van der Waals surface area (Å²) in [5.41, 5.74) is 2.70. The molecule has 29 heavy (non-hydrogen) atoms. The third-order valence-electron chi connectivity index (χ3n) is 3.05. The number of carbonyl (C=O) groups is 1. The number of Topliss-reactive ketones (excluding diaryl/α,β-unsaturated/α-hetero) is 1. The summed E-state index contributed by atoms with van der Waals surface area (Å²) in [5, 5.41) is 0. The molecule has 0 aliphatic rings. The lowest BCUT2D eigenvalue weighted by Crippen LogP contribution is -2.39. The molecule has 0 bridgehead atoms. The molecule has 1 heterocycles. The Morgan fingerprint density at radius 3 is 1.90 bits per heavy atom. The van der Waals surface area contributed by atoms with E-state index in [4.69, 9.17) is 17.5 Å². The van der Waals surface area contributed by atoms with Crippen LogP contribution in [-0.2, 0) is 27.1 Å². The molecule has 2 rings (SSSR count). The summed E-state index contributed by atoms with van der Waals surface area (Å²) >= 11 is 0. The third kappa shape index (κ3) is 13.4. The zero-order valence-electron chi connectivity index (χ0n) is 16.1. The Kier molecular flexibility index (Phi) is 10.6. The first-order chi connectivity index (χ1) is 13.1. The summed E-state index contributed by atoms with van der Waals surface area (Å²) < 4.78 is 64.7. The van der Waals surface area contributed by atoms with Crippen molar-refractivity contribution < 1.29 is 39.9 Å². The zero-order chi connectivity index (χ0) is 22.8. The molecular formula is C18H23NO8S2. The summed E-state index contributed by atoms with van der Waals surface area (Å²) in [6.45, 7) is 9.87. The number of pyridine rings is 1. The molecule has 1 aromatic heterocycles. The molecule has 0 saturated heterocycles. The number of carbonyl (C=O) groups excluding carboxylic acids is 1. The van der Waals surface area contributed by atoms with Crippen LogP contribution in [0.1, 0.15) is 29.9 Å². The SMILES string of the molecule is C=C(C)C[n+]1ccccc1C(C)=O.Cc1ccc(S(=O)(=O)[O-])cc1.O=S(=O)(O)O. The van der Waals surface area contributed by atoms with Gasteiger partial charge in [0, 0.05) is 19.1 Å². The Morgan fingerprint density at radius 1 is 1.03 bits per heavy atom. The van der Waals surface area contributed by atoms with Gasteiger partial charge in [-0.3, -0.25) is 13.9 Å². The van der Waals surface area contributed by atoms with Crippen molar-refractivity contribution in [3.63, 3.8) is 0 Å². The summed E-state index contributed by atoms with van der Waals surface area (Å²) in [6.07, 6.45) is 1.89. The highest BCUT2D eigenvalue weighted by molar-refractivity contribution is 7.85. The topological polar surface area (TPSA) is 153 Å². The van der Waals surface area contributed by atoms with Gasteiger partial charge in [-0.15, -0.1) is 0 Å². The van der Waals surface area contributed by atoms with E-state index < -0.39 is 20.5 Å². The summed E-state index contributed by atoms with van der Waals surface area (Å²) in [5.74, 6) is 0.0850. The Bertz CT molecular complexity index is 1040. The van der Waals surface area contributed by atoms with Crippen molar-refractivity contribution in [1.29, 1.82) is 0 Å². The highest BCUT2D eigenvalue weighted by Gasteiger charge is 2.13. The molecule has 0 fully saturated rings. The fourth-order valence-electron chi connectivity index (χ4n) is 1.93. The lowest BCUT2D eigenvalue weighted by molar-refractivity contribution is -0.690. The Hall–Kier alpha value is -2.44. The molecule has 9 nitrogen and oxygen atoms in total. The van der Waals surface area contributed by atoms with E-state index in [0.29, 0.717) is 6.54 Å². The summed E-state index contributed by atoms with van der Waals surface area (Å²) in [4.78, 5) is 11.0. The standard InChI is InChI=1S/C11H14NO.C7H8O3S.H2O4S/c1-9(2)8-12-7-5-4-6-11(12)10(3)13;1-6-2-4-7(5-3-6)11(8,9)10;1-5(2,3)4/h4-7H,1,8H2,2-3H3;2-5H,1H3,(H,8,9,10);(H2,1,2,3,4)/q+1;;/p-1. The van der Waals surface area contributed by atoms with Crippen LogP contribution in [-0.4, -0.2) is 36.3 Å². The number of hydrogen-bond donors (Lipinski definition) is 2. The van der Waals surface area contributed by atoms with Gasteiger partial charge in [-0.1, -0.05) is 24.3 Å². The van der Waals surface area contributed by atoms with E-state index in [1.807, 2.05) is 42.8 Å². The number of rotatable bonds is 4. The van der Waals surface area contributed by atoms with Crippen molar-refractivity contribution >= 4 is 26.3 Å². The maximum atomic E-state index is 11.2. The van der Waals surface area contributed by atoms with Gasteiger partial charge in [-0.25, -0.2) is 8.42 Å². The molecule has 2 aromatic rings. The number of ketones is 1. The molecule has 0 spiro atoms. The molecule has 0 aliphatic heterocycles. The number of benzene rings is 1. The van der Waals surface area contributed by atoms with E-state index in [1.54, 1.807) is 19.1 Å².